The lowest BCUT2D eigenvalue weighted by atomic mass is 10.0. The van der Waals surface area contributed by atoms with E-state index in [0.29, 0.717) is 23.4 Å². The van der Waals surface area contributed by atoms with Crippen molar-refractivity contribution in [2.45, 2.75) is 12.8 Å². The fourth-order valence-electron chi connectivity index (χ4n) is 1.78. The number of hydrogen-bond acceptors (Lipinski definition) is 1. The van der Waals surface area contributed by atoms with Gasteiger partial charge in [-0.15, -0.1) is 0 Å². The molecule has 3 heteroatoms. The van der Waals surface area contributed by atoms with E-state index in [-0.39, 0.29) is 11.6 Å². The Labute approximate surface area is 110 Å². The molecule has 0 saturated carbocycles. The number of ketones is 1. The number of carbonyl (C=O) groups excluding carboxylic acids is 1. The first-order valence-electron chi connectivity index (χ1n) is 5.68. The number of benzene rings is 2. The minimum absolute atomic E-state index is 0.0518. The number of rotatable bonds is 4. The highest BCUT2D eigenvalue weighted by molar-refractivity contribution is 6.30. The van der Waals surface area contributed by atoms with Gasteiger partial charge >= 0.3 is 0 Å². The third kappa shape index (κ3) is 3.41. The number of Topliss-reactive ketones (excluding diaryl/α,β-unsaturated/α-hetero) is 1. The predicted molar refractivity (Wildman–Crippen MR) is 70.5 cm³/mol. The summed E-state index contributed by atoms with van der Waals surface area (Å²) in [6, 6.07) is 13.4. The Morgan fingerprint density at radius 3 is 2.50 bits per heavy atom. The lowest BCUT2D eigenvalue weighted by Crippen LogP contribution is -2.01. The van der Waals surface area contributed by atoms with Crippen LogP contribution in [0.15, 0.2) is 48.5 Å². The summed E-state index contributed by atoms with van der Waals surface area (Å²) in [5.41, 5.74) is 1.42. The average Bonchev–Trinajstić information content (AvgIpc) is 2.36. The maximum absolute atomic E-state index is 13.1. The largest absolute Gasteiger partial charge is 0.294 e. The fraction of sp³-hybridized carbons (Fsp3) is 0.133. The molecule has 0 aliphatic heterocycles. The summed E-state index contributed by atoms with van der Waals surface area (Å²) < 4.78 is 13.1. The summed E-state index contributed by atoms with van der Waals surface area (Å²) >= 11 is 5.76. The van der Waals surface area contributed by atoms with Gasteiger partial charge in [0, 0.05) is 17.0 Å². The molecule has 0 aliphatic carbocycles. The summed E-state index contributed by atoms with van der Waals surface area (Å²) in [5, 5.41) is 0.358. The highest BCUT2D eigenvalue weighted by atomic mass is 35.5. The lowest BCUT2D eigenvalue weighted by molar-refractivity contribution is 0.0983. The Morgan fingerprint density at radius 2 is 1.83 bits per heavy atom. The Hall–Kier alpha value is -1.67. The van der Waals surface area contributed by atoms with Crippen LogP contribution in [0, 0.1) is 5.82 Å². The van der Waals surface area contributed by atoms with Gasteiger partial charge in [0.25, 0.3) is 0 Å². The van der Waals surface area contributed by atoms with Crippen LogP contribution < -0.4 is 0 Å². The number of hydrogen-bond donors (Lipinski definition) is 0. The molecule has 0 amide bonds. The van der Waals surface area contributed by atoms with Gasteiger partial charge in [-0.05, 0) is 30.2 Å². The molecule has 0 aromatic heterocycles. The third-order valence-corrected chi connectivity index (χ3v) is 2.88. The molecule has 0 aliphatic rings. The van der Waals surface area contributed by atoms with E-state index in [1.807, 2.05) is 18.2 Å². The van der Waals surface area contributed by atoms with Crippen LogP contribution >= 0.6 is 11.6 Å². The Morgan fingerprint density at radius 1 is 1.11 bits per heavy atom. The second-order valence-corrected chi connectivity index (χ2v) is 4.50. The predicted octanol–water partition coefficient (Wildman–Crippen LogP) is 4.29. The van der Waals surface area contributed by atoms with Crippen molar-refractivity contribution in [3.63, 3.8) is 0 Å². The van der Waals surface area contributed by atoms with E-state index in [0.717, 1.165) is 5.56 Å². The average molecular weight is 263 g/mol. The van der Waals surface area contributed by atoms with E-state index in [2.05, 4.69) is 0 Å². The number of halogens is 2. The second kappa shape index (κ2) is 5.78. The molecular formula is C15H12ClFO. The molecule has 0 bridgehead atoms. The maximum Gasteiger partial charge on any atom is 0.163 e. The molecule has 2 aromatic rings. The summed E-state index contributed by atoms with van der Waals surface area (Å²) in [7, 11) is 0. The van der Waals surface area contributed by atoms with Crippen molar-refractivity contribution < 1.29 is 9.18 Å². The molecule has 2 rings (SSSR count). The highest BCUT2D eigenvalue weighted by Crippen LogP contribution is 2.16. The molecule has 0 N–H and O–H groups in total. The monoisotopic (exact) mass is 262 g/mol. The standard InChI is InChI=1S/C15H12ClFO/c16-13-8-11(9-14(17)10-13)6-7-15(18)12-4-2-1-3-5-12/h1-5,8-10H,6-7H2. The van der Waals surface area contributed by atoms with Gasteiger partial charge < -0.3 is 0 Å². The summed E-state index contributed by atoms with van der Waals surface area (Å²) in [5.74, 6) is -0.319. The van der Waals surface area contributed by atoms with Gasteiger partial charge in [0.05, 0.1) is 0 Å². The topological polar surface area (TPSA) is 17.1 Å². The molecule has 2 aromatic carbocycles. The maximum atomic E-state index is 13.1. The van der Waals surface area contributed by atoms with Crippen molar-refractivity contribution in [2.75, 3.05) is 0 Å². The highest BCUT2D eigenvalue weighted by Gasteiger charge is 2.06. The van der Waals surface area contributed by atoms with Crippen LogP contribution in [0.1, 0.15) is 22.3 Å². The summed E-state index contributed by atoms with van der Waals surface area (Å²) in [6.07, 6.45) is 0.842. The van der Waals surface area contributed by atoms with Crippen LogP contribution in [0.5, 0.6) is 0 Å². The summed E-state index contributed by atoms with van der Waals surface area (Å²) in [6.45, 7) is 0. The molecular weight excluding hydrogens is 251 g/mol. The van der Waals surface area contributed by atoms with Crippen molar-refractivity contribution in [3.05, 3.63) is 70.5 Å². The van der Waals surface area contributed by atoms with E-state index in [4.69, 9.17) is 11.6 Å². The van der Waals surface area contributed by atoms with E-state index < -0.39 is 0 Å². The van der Waals surface area contributed by atoms with Crippen LogP contribution in [0.3, 0.4) is 0 Å². The van der Waals surface area contributed by atoms with Gasteiger partial charge in [-0.25, -0.2) is 4.39 Å². The first-order valence-corrected chi connectivity index (χ1v) is 6.06. The zero-order valence-corrected chi connectivity index (χ0v) is 10.5. The van der Waals surface area contributed by atoms with E-state index in [1.54, 1.807) is 18.2 Å². The van der Waals surface area contributed by atoms with Crippen LogP contribution in [0.4, 0.5) is 4.39 Å². The third-order valence-electron chi connectivity index (χ3n) is 2.66. The Kier molecular flexibility index (Phi) is 4.11. The van der Waals surface area contributed by atoms with Gasteiger partial charge in [0.2, 0.25) is 0 Å². The van der Waals surface area contributed by atoms with Gasteiger partial charge in [0.15, 0.2) is 5.78 Å². The van der Waals surface area contributed by atoms with Gasteiger partial charge in [0.1, 0.15) is 5.82 Å². The number of carbonyl (C=O) groups is 1. The van der Waals surface area contributed by atoms with E-state index in [9.17, 15) is 9.18 Å². The SMILES string of the molecule is O=C(CCc1cc(F)cc(Cl)c1)c1ccccc1. The van der Waals surface area contributed by atoms with Crippen LogP contribution in [0.25, 0.3) is 0 Å². The fourth-order valence-corrected chi connectivity index (χ4v) is 2.03. The Balaban J connectivity index is 2.02. The molecule has 0 spiro atoms. The van der Waals surface area contributed by atoms with Crippen molar-refractivity contribution in [3.8, 4) is 0 Å². The molecule has 92 valence electrons. The van der Waals surface area contributed by atoms with Crippen LogP contribution in [-0.4, -0.2) is 5.78 Å². The zero-order chi connectivity index (χ0) is 13.0. The molecule has 0 atom stereocenters. The molecule has 0 heterocycles. The second-order valence-electron chi connectivity index (χ2n) is 4.07. The minimum Gasteiger partial charge on any atom is -0.294 e. The quantitative estimate of drug-likeness (QED) is 0.751. The minimum atomic E-state index is -0.371. The van der Waals surface area contributed by atoms with Crippen molar-refractivity contribution in [1.29, 1.82) is 0 Å². The normalized spacial score (nSPS) is 10.3. The van der Waals surface area contributed by atoms with Crippen molar-refractivity contribution in [1.82, 2.24) is 0 Å². The molecule has 0 unspecified atom stereocenters. The first-order chi connectivity index (χ1) is 8.65. The lowest BCUT2D eigenvalue weighted by Gasteiger charge is -2.03. The molecule has 18 heavy (non-hydrogen) atoms. The molecule has 0 saturated heterocycles. The zero-order valence-electron chi connectivity index (χ0n) is 9.70. The van der Waals surface area contributed by atoms with Gasteiger partial charge in [-0.3, -0.25) is 4.79 Å². The smallest absolute Gasteiger partial charge is 0.163 e. The van der Waals surface area contributed by atoms with Crippen molar-refractivity contribution in [2.24, 2.45) is 0 Å². The summed E-state index contributed by atoms with van der Waals surface area (Å²) in [4.78, 5) is 11.9. The van der Waals surface area contributed by atoms with E-state index in [1.165, 1.54) is 12.1 Å². The first kappa shape index (κ1) is 12.8. The van der Waals surface area contributed by atoms with Gasteiger partial charge in [-0.1, -0.05) is 41.9 Å². The van der Waals surface area contributed by atoms with E-state index >= 15 is 0 Å². The van der Waals surface area contributed by atoms with Crippen molar-refractivity contribution >= 4 is 17.4 Å². The Bertz CT molecular complexity index is 531. The van der Waals surface area contributed by atoms with Crippen LogP contribution in [-0.2, 0) is 6.42 Å². The van der Waals surface area contributed by atoms with Gasteiger partial charge in [-0.2, -0.15) is 0 Å². The molecule has 0 fully saturated rings. The molecule has 1 nitrogen and oxygen atoms in total. The molecule has 0 radical (unpaired) electrons. The van der Waals surface area contributed by atoms with Crippen LogP contribution in [0.2, 0.25) is 5.02 Å². The number of aryl methyl sites for hydroxylation is 1.